The molecular formula is C17H18O2. The molecule has 2 aromatic rings. The Morgan fingerprint density at radius 3 is 2.47 bits per heavy atom. The molecule has 2 unspecified atom stereocenters. The number of ether oxygens (including phenoxy) is 1. The number of hydrogen-bond acceptors (Lipinski definition) is 2. The molecule has 19 heavy (non-hydrogen) atoms. The van der Waals surface area contributed by atoms with Crippen molar-refractivity contribution in [3.8, 4) is 18.1 Å². The highest BCUT2D eigenvalue weighted by atomic mass is 16.5. The van der Waals surface area contributed by atoms with Gasteiger partial charge < -0.3 is 9.84 Å². The SMILES string of the molecule is C#CC(C)(O)C(C)c1ccc2cc(OC)ccc2c1. The van der Waals surface area contributed by atoms with Gasteiger partial charge >= 0.3 is 0 Å². The van der Waals surface area contributed by atoms with Gasteiger partial charge in [-0.25, -0.2) is 0 Å². The van der Waals surface area contributed by atoms with E-state index < -0.39 is 5.60 Å². The van der Waals surface area contributed by atoms with Gasteiger partial charge in [-0.05, 0) is 35.4 Å². The van der Waals surface area contributed by atoms with Crippen molar-refractivity contribution >= 4 is 10.8 Å². The van der Waals surface area contributed by atoms with Gasteiger partial charge in [0.05, 0.1) is 7.11 Å². The van der Waals surface area contributed by atoms with Crippen molar-refractivity contribution in [1.82, 2.24) is 0 Å². The highest BCUT2D eigenvalue weighted by molar-refractivity contribution is 5.84. The molecule has 2 nitrogen and oxygen atoms in total. The van der Waals surface area contributed by atoms with Crippen molar-refractivity contribution in [1.29, 1.82) is 0 Å². The molecule has 0 bridgehead atoms. The van der Waals surface area contributed by atoms with Gasteiger partial charge in [0.25, 0.3) is 0 Å². The van der Waals surface area contributed by atoms with Crippen LogP contribution >= 0.6 is 0 Å². The summed E-state index contributed by atoms with van der Waals surface area (Å²) in [6.45, 7) is 3.60. The third-order valence-corrected chi connectivity index (χ3v) is 3.71. The van der Waals surface area contributed by atoms with Gasteiger partial charge in [-0.1, -0.05) is 37.1 Å². The third kappa shape index (κ3) is 2.57. The molecule has 0 spiro atoms. The summed E-state index contributed by atoms with van der Waals surface area (Å²) in [7, 11) is 1.65. The van der Waals surface area contributed by atoms with E-state index in [4.69, 9.17) is 11.2 Å². The van der Waals surface area contributed by atoms with E-state index in [-0.39, 0.29) is 5.92 Å². The topological polar surface area (TPSA) is 29.5 Å². The van der Waals surface area contributed by atoms with E-state index in [1.807, 2.05) is 37.3 Å². The maximum Gasteiger partial charge on any atom is 0.128 e. The first-order valence-corrected chi connectivity index (χ1v) is 6.26. The predicted octanol–water partition coefficient (Wildman–Crippen LogP) is 3.34. The van der Waals surface area contributed by atoms with E-state index in [0.717, 1.165) is 22.1 Å². The van der Waals surface area contributed by atoms with E-state index in [0.29, 0.717) is 0 Å². The fourth-order valence-electron chi connectivity index (χ4n) is 2.09. The van der Waals surface area contributed by atoms with Gasteiger partial charge in [0, 0.05) is 5.92 Å². The van der Waals surface area contributed by atoms with E-state index in [2.05, 4.69) is 12.0 Å². The maximum absolute atomic E-state index is 10.1. The van der Waals surface area contributed by atoms with Gasteiger partial charge in [-0.2, -0.15) is 0 Å². The van der Waals surface area contributed by atoms with Crippen LogP contribution in [0.25, 0.3) is 10.8 Å². The molecule has 0 aliphatic rings. The van der Waals surface area contributed by atoms with Crippen LogP contribution in [0, 0.1) is 12.3 Å². The van der Waals surface area contributed by atoms with E-state index in [9.17, 15) is 5.11 Å². The first-order valence-electron chi connectivity index (χ1n) is 6.26. The summed E-state index contributed by atoms with van der Waals surface area (Å²) in [6.07, 6.45) is 5.38. The Bertz CT molecular complexity index is 635. The second kappa shape index (κ2) is 4.95. The van der Waals surface area contributed by atoms with Crippen molar-refractivity contribution in [3.63, 3.8) is 0 Å². The summed E-state index contributed by atoms with van der Waals surface area (Å²) in [5, 5.41) is 12.4. The van der Waals surface area contributed by atoms with Crippen molar-refractivity contribution in [2.45, 2.75) is 25.4 Å². The lowest BCUT2D eigenvalue weighted by atomic mass is 9.85. The third-order valence-electron chi connectivity index (χ3n) is 3.71. The van der Waals surface area contributed by atoms with Crippen LogP contribution in [0.15, 0.2) is 36.4 Å². The van der Waals surface area contributed by atoms with Crippen LogP contribution in [0.1, 0.15) is 25.3 Å². The smallest absolute Gasteiger partial charge is 0.128 e. The lowest BCUT2D eigenvalue weighted by Crippen LogP contribution is -2.28. The molecule has 0 fully saturated rings. The fourth-order valence-corrected chi connectivity index (χ4v) is 2.09. The minimum atomic E-state index is -1.14. The zero-order valence-corrected chi connectivity index (χ0v) is 11.5. The average molecular weight is 254 g/mol. The molecule has 2 aromatic carbocycles. The number of benzene rings is 2. The quantitative estimate of drug-likeness (QED) is 0.851. The summed E-state index contributed by atoms with van der Waals surface area (Å²) in [6, 6.07) is 12.0. The van der Waals surface area contributed by atoms with E-state index in [1.165, 1.54) is 0 Å². The minimum Gasteiger partial charge on any atom is -0.497 e. The molecule has 0 amide bonds. The number of methoxy groups -OCH3 is 1. The number of terminal acetylenes is 1. The van der Waals surface area contributed by atoms with Crippen molar-refractivity contribution in [3.05, 3.63) is 42.0 Å². The van der Waals surface area contributed by atoms with Crippen LogP contribution in [0.3, 0.4) is 0 Å². The second-order valence-corrected chi connectivity index (χ2v) is 4.99. The summed E-state index contributed by atoms with van der Waals surface area (Å²) < 4.78 is 5.21. The largest absolute Gasteiger partial charge is 0.497 e. The Morgan fingerprint density at radius 2 is 1.84 bits per heavy atom. The van der Waals surface area contributed by atoms with Crippen LogP contribution in [0.4, 0.5) is 0 Å². The van der Waals surface area contributed by atoms with Crippen molar-refractivity contribution < 1.29 is 9.84 Å². The molecule has 0 heterocycles. The molecule has 0 aliphatic heterocycles. The summed E-state index contributed by atoms with van der Waals surface area (Å²) in [5.41, 5.74) is -0.110. The lowest BCUT2D eigenvalue weighted by Gasteiger charge is -2.25. The molecular weight excluding hydrogens is 236 g/mol. The zero-order valence-electron chi connectivity index (χ0n) is 11.5. The van der Waals surface area contributed by atoms with Gasteiger partial charge in [-0.3, -0.25) is 0 Å². The monoisotopic (exact) mass is 254 g/mol. The lowest BCUT2D eigenvalue weighted by molar-refractivity contribution is 0.0968. The summed E-state index contributed by atoms with van der Waals surface area (Å²) >= 11 is 0. The van der Waals surface area contributed by atoms with Gasteiger partial charge in [0.15, 0.2) is 0 Å². The van der Waals surface area contributed by atoms with Crippen LogP contribution < -0.4 is 4.74 Å². The normalized spacial score (nSPS) is 15.5. The molecule has 0 saturated carbocycles. The second-order valence-electron chi connectivity index (χ2n) is 4.99. The fraction of sp³-hybridized carbons (Fsp3) is 0.294. The molecule has 98 valence electrons. The van der Waals surface area contributed by atoms with Crippen LogP contribution in [-0.2, 0) is 0 Å². The molecule has 0 radical (unpaired) electrons. The van der Waals surface area contributed by atoms with Crippen LogP contribution in [0.2, 0.25) is 0 Å². The first kappa shape index (κ1) is 13.5. The standard InChI is InChI=1S/C17H18O2/c1-5-17(3,18)12(2)13-6-7-15-11-16(19-4)9-8-14(15)10-13/h1,6-12,18H,2-4H3. The van der Waals surface area contributed by atoms with Gasteiger partial charge in [0.1, 0.15) is 11.4 Å². The minimum absolute atomic E-state index is 0.121. The number of aliphatic hydroxyl groups is 1. The molecule has 2 atom stereocenters. The maximum atomic E-state index is 10.1. The van der Waals surface area contributed by atoms with Crippen molar-refractivity contribution in [2.24, 2.45) is 0 Å². The Morgan fingerprint density at radius 1 is 1.21 bits per heavy atom. The van der Waals surface area contributed by atoms with E-state index in [1.54, 1.807) is 14.0 Å². The zero-order chi connectivity index (χ0) is 14.0. The van der Waals surface area contributed by atoms with Crippen LogP contribution in [-0.4, -0.2) is 17.8 Å². The Kier molecular flexibility index (Phi) is 3.50. The Labute approximate surface area is 114 Å². The number of hydrogen-bond donors (Lipinski definition) is 1. The molecule has 1 N–H and O–H groups in total. The van der Waals surface area contributed by atoms with Gasteiger partial charge in [-0.15, -0.1) is 6.42 Å². The average Bonchev–Trinajstić information content (AvgIpc) is 2.45. The molecule has 0 aromatic heterocycles. The van der Waals surface area contributed by atoms with E-state index >= 15 is 0 Å². The van der Waals surface area contributed by atoms with Crippen molar-refractivity contribution in [2.75, 3.05) is 7.11 Å². The number of fused-ring (bicyclic) bond motifs is 1. The molecule has 2 heteroatoms. The molecule has 0 aliphatic carbocycles. The van der Waals surface area contributed by atoms with Gasteiger partial charge in [0.2, 0.25) is 0 Å². The first-order chi connectivity index (χ1) is 8.97. The highest BCUT2D eigenvalue weighted by Gasteiger charge is 2.27. The molecule has 0 saturated heterocycles. The summed E-state index contributed by atoms with van der Waals surface area (Å²) in [4.78, 5) is 0. The Balaban J connectivity index is 2.46. The predicted molar refractivity (Wildman–Crippen MR) is 78.4 cm³/mol. The number of rotatable bonds is 3. The Hall–Kier alpha value is -1.98. The highest BCUT2D eigenvalue weighted by Crippen LogP contribution is 2.30. The summed E-state index contributed by atoms with van der Waals surface area (Å²) in [5.74, 6) is 3.16. The molecule has 2 rings (SSSR count). The van der Waals surface area contributed by atoms with Crippen LogP contribution in [0.5, 0.6) is 5.75 Å².